The van der Waals surface area contributed by atoms with Crippen LogP contribution in [0.3, 0.4) is 0 Å². The van der Waals surface area contributed by atoms with Gasteiger partial charge in [0.25, 0.3) is 0 Å². The van der Waals surface area contributed by atoms with Crippen LogP contribution >= 0.6 is 0 Å². The molecule has 0 bridgehead atoms. The predicted molar refractivity (Wildman–Crippen MR) is 99.8 cm³/mol. The molecule has 4 heteroatoms. The fraction of sp³-hybridized carbons (Fsp3) is 0.238. The van der Waals surface area contributed by atoms with E-state index in [0.29, 0.717) is 18.2 Å². The van der Waals surface area contributed by atoms with Gasteiger partial charge in [0, 0.05) is 12.1 Å². The van der Waals surface area contributed by atoms with Crippen LogP contribution in [0.2, 0.25) is 0 Å². The van der Waals surface area contributed by atoms with E-state index < -0.39 is 0 Å². The summed E-state index contributed by atoms with van der Waals surface area (Å²) in [5.74, 6) is 1.17. The van der Waals surface area contributed by atoms with Gasteiger partial charge in [-0.15, -0.1) is 5.10 Å². The molecule has 0 fully saturated rings. The van der Waals surface area contributed by atoms with Gasteiger partial charge in [0.05, 0.1) is 16.9 Å². The van der Waals surface area contributed by atoms with E-state index in [1.807, 2.05) is 66.2 Å². The Balaban J connectivity index is 1.85. The minimum Gasteiger partial charge on any atom is -0.338 e. The molecule has 4 nitrogen and oxygen atoms in total. The lowest BCUT2D eigenvalue weighted by molar-refractivity contribution is 0.0953. The number of hydrogen-bond donors (Lipinski definition) is 1. The summed E-state index contributed by atoms with van der Waals surface area (Å²) >= 11 is 0. The zero-order valence-electron chi connectivity index (χ0n) is 14.5. The zero-order chi connectivity index (χ0) is 17.4. The number of hydrogen-bond acceptors (Lipinski definition) is 3. The van der Waals surface area contributed by atoms with E-state index in [0.717, 1.165) is 34.6 Å². The van der Waals surface area contributed by atoms with Crippen LogP contribution in [0.1, 0.15) is 35.0 Å². The van der Waals surface area contributed by atoms with Crippen molar-refractivity contribution in [1.29, 1.82) is 0 Å². The number of ketones is 1. The highest BCUT2D eigenvalue weighted by molar-refractivity contribution is 6.03. The Morgan fingerprint density at radius 2 is 1.76 bits per heavy atom. The van der Waals surface area contributed by atoms with Crippen molar-refractivity contribution >= 4 is 17.3 Å². The van der Waals surface area contributed by atoms with Crippen molar-refractivity contribution in [1.82, 2.24) is 9.78 Å². The largest absolute Gasteiger partial charge is 0.338 e. The first-order valence-electron chi connectivity index (χ1n) is 8.66. The number of nitrogens with one attached hydrogen (secondary N) is 1. The van der Waals surface area contributed by atoms with E-state index in [-0.39, 0.29) is 5.78 Å². The summed E-state index contributed by atoms with van der Waals surface area (Å²) < 4.78 is 1.92. The van der Waals surface area contributed by atoms with Crippen molar-refractivity contribution < 1.29 is 4.79 Å². The van der Waals surface area contributed by atoms with Crippen molar-refractivity contribution in [3.63, 3.8) is 0 Å². The molecule has 0 saturated heterocycles. The first kappa shape index (κ1) is 15.6. The van der Waals surface area contributed by atoms with Crippen molar-refractivity contribution in [2.45, 2.75) is 26.7 Å². The van der Waals surface area contributed by atoms with Gasteiger partial charge in [0.1, 0.15) is 0 Å². The van der Waals surface area contributed by atoms with Crippen LogP contribution in [-0.4, -0.2) is 15.6 Å². The molecule has 126 valence electrons. The van der Waals surface area contributed by atoms with E-state index in [9.17, 15) is 4.79 Å². The molecule has 0 radical (unpaired) electrons. The first-order valence-corrected chi connectivity index (χ1v) is 8.66. The van der Waals surface area contributed by atoms with Gasteiger partial charge in [-0.3, -0.25) is 4.79 Å². The number of fused-ring (bicyclic) bond motifs is 1. The Hall–Kier alpha value is -2.88. The van der Waals surface area contributed by atoms with Crippen LogP contribution in [0.15, 0.2) is 54.6 Å². The van der Waals surface area contributed by atoms with Crippen molar-refractivity contribution in [3.8, 4) is 5.69 Å². The molecule has 0 spiro atoms. The van der Waals surface area contributed by atoms with Crippen LogP contribution < -0.4 is 5.32 Å². The Labute approximate surface area is 147 Å². The summed E-state index contributed by atoms with van der Waals surface area (Å²) in [5, 5.41) is 8.15. The third-order valence-electron chi connectivity index (χ3n) is 4.73. The molecule has 1 heterocycles. The lowest BCUT2D eigenvalue weighted by Gasteiger charge is -2.19. The maximum absolute atomic E-state index is 12.7. The van der Waals surface area contributed by atoms with Crippen LogP contribution in [0.4, 0.5) is 11.5 Å². The standard InChI is InChI=1S/C21H21N3O/c1-14-12-18-20(19(25)13-14)21(22-17-11-7-6-8-15(17)2)23-24(18)16-9-4-3-5-10-16/h3-11,14H,12-13H2,1-2H3,(H,22,23). The second kappa shape index (κ2) is 6.20. The topological polar surface area (TPSA) is 46.9 Å². The van der Waals surface area contributed by atoms with Crippen molar-refractivity contribution in [2.24, 2.45) is 5.92 Å². The van der Waals surface area contributed by atoms with Crippen LogP contribution in [0.25, 0.3) is 5.69 Å². The van der Waals surface area contributed by atoms with E-state index in [1.165, 1.54) is 0 Å². The second-order valence-electron chi connectivity index (χ2n) is 6.79. The monoisotopic (exact) mass is 331 g/mol. The Kier molecular flexibility index (Phi) is 3.88. The molecule has 2 aromatic carbocycles. The highest BCUT2D eigenvalue weighted by atomic mass is 16.1. The number of Topliss-reactive ketones (excluding diaryl/α,β-unsaturated/α-hetero) is 1. The number of carbonyl (C=O) groups excluding carboxylic acids is 1. The predicted octanol–water partition coefficient (Wildman–Crippen LogP) is 4.69. The van der Waals surface area contributed by atoms with E-state index in [2.05, 4.69) is 12.2 Å². The van der Waals surface area contributed by atoms with Crippen molar-refractivity contribution in [3.05, 3.63) is 71.4 Å². The summed E-state index contributed by atoms with van der Waals surface area (Å²) in [4.78, 5) is 12.7. The number of aryl methyl sites for hydroxylation is 1. The summed E-state index contributed by atoms with van der Waals surface area (Å²) in [7, 11) is 0. The van der Waals surface area contributed by atoms with Gasteiger partial charge in [-0.1, -0.05) is 43.3 Å². The highest BCUT2D eigenvalue weighted by Crippen LogP contribution is 2.34. The molecule has 1 aromatic heterocycles. The molecule has 4 rings (SSSR count). The first-order chi connectivity index (χ1) is 12.1. The molecule has 0 aliphatic heterocycles. The van der Waals surface area contributed by atoms with Crippen LogP contribution in [0, 0.1) is 12.8 Å². The Bertz CT molecular complexity index is 928. The summed E-state index contributed by atoms with van der Waals surface area (Å²) in [6.45, 7) is 4.17. The normalized spacial score (nSPS) is 16.6. The van der Waals surface area contributed by atoms with Gasteiger partial charge in [0.15, 0.2) is 11.6 Å². The van der Waals surface area contributed by atoms with E-state index >= 15 is 0 Å². The van der Waals surface area contributed by atoms with Gasteiger partial charge in [-0.2, -0.15) is 0 Å². The van der Waals surface area contributed by atoms with Gasteiger partial charge >= 0.3 is 0 Å². The minimum atomic E-state index is 0.173. The number of nitrogens with zero attached hydrogens (tertiary/aromatic N) is 2. The summed E-state index contributed by atoms with van der Waals surface area (Å²) in [5.41, 5.74) is 4.84. The molecular weight excluding hydrogens is 310 g/mol. The summed E-state index contributed by atoms with van der Waals surface area (Å²) in [6, 6.07) is 18.1. The third-order valence-corrected chi connectivity index (χ3v) is 4.73. The molecule has 0 amide bonds. The van der Waals surface area contributed by atoms with Crippen LogP contribution in [0.5, 0.6) is 0 Å². The van der Waals surface area contributed by atoms with Gasteiger partial charge in [-0.05, 0) is 43.0 Å². The fourth-order valence-corrected chi connectivity index (χ4v) is 3.47. The summed E-state index contributed by atoms with van der Waals surface area (Å²) in [6.07, 6.45) is 1.44. The quantitative estimate of drug-likeness (QED) is 0.757. The molecule has 3 aromatic rings. The van der Waals surface area contributed by atoms with Gasteiger partial charge in [0.2, 0.25) is 0 Å². The molecular formula is C21H21N3O. The van der Waals surface area contributed by atoms with Gasteiger partial charge in [-0.25, -0.2) is 4.68 Å². The van der Waals surface area contributed by atoms with Gasteiger partial charge < -0.3 is 5.32 Å². The zero-order valence-corrected chi connectivity index (χ0v) is 14.5. The number of para-hydroxylation sites is 2. The average Bonchev–Trinajstić information content (AvgIpc) is 2.96. The third kappa shape index (κ3) is 2.84. The molecule has 1 aliphatic carbocycles. The van der Waals surface area contributed by atoms with E-state index in [1.54, 1.807) is 0 Å². The molecule has 1 N–H and O–H groups in total. The molecule has 1 atom stereocenters. The second-order valence-corrected chi connectivity index (χ2v) is 6.79. The Morgan fingerprint density at radius 1 is 1.04 bits per heavy atom. The number of anilines is 2. The lowest BCUT2D eigenvalue weighted by atomic mass is 9.87. The number of rotatable bonds is 3. The molecule has 1 aliphatic rings. The Morgan fingerprint density at radius 3 is 2.52 bits per heavy atom. The number of benzene rings is 2. The number of carbonyl (C=O) groups is 1. The number of aromatic nitrogens is 2. The fourth-order valence-electron chi connectivity index (χ4n) is 3.47. The average molecular weight is 331 g/mol. The minimum absolute atomic E-state index is 0.173. The van der Waals surface area contributed by atoms with E-state index in [4.69, 9.17) is 5.10 Å². The molecule has 0 saturated carbocycles. The smallest absolute Gasteiger partial charge is 0.168 e. The van der Waals surface area contributed by atoms with Crippen LogP contribution in [-0.2, 0) is 6.42 Å². The van der Waals surface area contributed by atoms with Crippen molar-refractivity contribution in [2.75, 3.05) is 5.32 Å². The lowest BCUT2D eigenvalue weighted by Crippen LogP contribution is -2.19. The maximum atomic E-state index is 12.7. The highest BCUT2D eigenvalue weighted by Gasteiger charge is 2.31. The molecule has 1 unspecified atom stereocenters. The maximum Gasteiger partial charge on any atom is 0.168 e. The molecule has 25 heavy (non-hydrogen) atoms. The SMILES string of the molecule is Cc1ccccc1Nc1nn(-c2ccccc2)c2c1C(=O)CC(C)C2.